The number of hydrogen-bond donors (Lipinski definition) is 1. The van der Waals surface area contributed by atoms with Crippen LogP contribution >= 0.6 is 0 Å². The van der Waals surface area contributed by atoms with Gasteiger partial charge in [-0.25, -0.2) is 0 Å². The quantitative estimate of drug-likeness (QED) is 0.864. The first-order valence-electron chi connectivity index (χ1n) is 6.65. The average Bonchev–Trinajstić information content (AvgIpc) is 2.75. The minimum atomic E-state index is -0.288. The van der Waals surface area contributed by atoms with Crippen molar-refractivity contribution >= 4 is 0 Å². The zero-order valence-electron chi connectivity index (χ0n) is 10.7. The highest BCUT2D eigenvalue weighted by atomic mass is 16.5. The van der Waals surface area contributed by atoms with E-state index in [1.54, 1.807) is 0 Å². The van der Waals surface area contributed by atoms with Gasteiger partial charge in [-0.1, -0.05) is 26.0 Å². The van der Waals surface area contributed by atoms with Crippen molar-refractivity contribution in [2.75, 3.05) is 0 Å². The molecule has 1 aromatic carbocycles. The molecule has 1 unspecified atom stereocenters. The van der Waals surface area contributed by atoms with Gasteiger partial charge in [0.25, 0.3) is 0 Å². The van der Waals surface area contributed by atoms with E-state index in [9.17, 15) is 5.11 Å². The zero-order chi connectivity index (χ0) is 12.3. The maximum atomic E-state index is 9.71. The molecule has 1 aliphatic rings. The van der Waals surface area contributed by atoms with Crippen LogP contribution < -0.4 is 4.74 Å². The molecule has 0 aliphatic heterocycles. The van der Waals surface area contributed by atoms with Crippen molar-refractivity contribution in [3.8, 4) is 5.75 Å². The smallest absolute Gasteiger partial charge is 0.124 e. The van der Waals surface area contributed by atoms with E-state index in [-0.39, 0.29) is 12.2 Å². The van der Waals surface area contributed by atoms with Crippen LogP contribution in [0.5, 0.6) is 5.75 Å². The lowest BCUT2D eigenvalue weighted by molar-refractivity contribution is 0.0604. The molecule has 1 fully saturated rings. The monoisotopic (exact) mass is 234 g/mol. The molecule has 2 rings (SSSR count). The Kier molecular flexibility index (Phi) is 4.06. The summed E-state index contributed by atoms with van der Waals surface area (Å²) in [6.07, 6.45) is 3.76. The minimum Gasteiger partial charge on any atom is -0.488 e. The van der Waals surface area contributed by atoms with Crippen molar-refractivity contribution < 1.29 is 9.84 Å². The lowest BCUT2D eigenvalue weighted by Crippen LogP contribution is -2.25. The summed E-state index contributed by atoms with van der Waals surface area (Å²) in [5, 5.41) is 9.71. The molecule has 1 N–H and O–H groups in total. The molecule has 1 saturated carbocycles. The molecule has 1 aromatic rings. The highest BCUT2D eigenvalue weighted by Gasteiger charge is 2.26. The number of aliphatic hydroxyl groups excluding tert-OH is 1. The summed E-state index contributed by atoms with van der Waals surface area (Å²) in [6, 6.07) is 8.30. The average molecular weight is 234 g/mol. The van der Waals surface area contributed by atoms with Gasteiger partial charge in [-0.3, -0.25) is 0 Å². The van der Waals surface area contributed by atoms with E-state index >= 15 is 0 Å². The van der Waals surface area contributed by atoms with Crippen LogP contribution in [-0.2, 0) is 0 Å². The second-order valence-corrected chi connectivity index (χ2v) is 5.03. The van der Waals surface area contributed by atoms with Crippen LogP contribution in [0, 0.1) is 0 Å². The maximum absolute atomic E-state index is 9.71. The molecule has 0 bridgehead atoms. The first-order valence-corrected chi connectivity index (χ1v) is 6.65. The van der Waals surface area contributed by atoms with Crippen LogP contribution in [0.4, 0.5) is 0 Å². The molecule has 2 nitrogen and oxygen atoms in total. The Hall–Kier alpha value is -1.02. The summed E-state index contributed by atoms with van der Waals surface area (Å²) in [5.74, 6) is 1.48. The van der Waals surface area contributed by atoms with Crippen molar-refractivity contribution in [2.24, 2.45) is 0 Å². The van der Waals surface area contributed by atoms with Crippen molar-refractivity contribution in [1.82, 2.24) is 0 Å². The summed E-state index contributed by atoms with van der Waals surface area (Å²) in [4.78, 5) is 0. The standard InChI is InChI=1S/C15H22O2/c1-3-11(2)12-7-9-13(10-8-12)17-15-6-4-5-14(15)16/h7-11,14-16H,3-6H2,1-2H3/t11?,14-,15-/m0/s1. The summed E-state index contributed by atoms with van der Waals surface area (Å²) in [7, 11) is 0. The predicted molar refractivity (Wildman–Crippen MR) is 69.4 cm³/mol. The molecule has 0 radical (unpaired) electrons. The fourth-order valence-electron chi connectivity index (χ4n) is 2.33. The van der Waals surface area contributed by atoms with Gasteiger partial charge in [0.05, 0.1) is 6.10 Å². The Morgan fingerprint density at radius 2 is 2.00 bits per heavy atom. The molecule has 0 spiro atoms. The second-order valence-electron chi connectivity index (χ2n) is 5.03. The van der Waals surface area contributed by atoms with E-state index in [2.05, 4.69) is 26.0 Å². The Labute approximate surface area is 104 Å². The number of rotatable bonds is 4. The fraction of sp³-hybridized carbons (Fsp3) is 0.600. The van der Waals surface area contributed by atoms with Gasteiger partial charge in [-0.05, 0) is 49.3 Å². The van der Waals surface area contributed by atoms with Crippen LogP contribution in [0.1, 0.15) is 51.0 Å². The molecule has 3 atom stereocenters. The van der Waals surface area contributed by atoms with Gasteiger partial charge < -0.3 is 9.84 Å². The van der Waals surface area contributed by atoms with Crippen LogP contribution in [-0.4, -0.2) is 17.3 Å². The maximum Gasteiger partial charge on any atom is 0.124 e. The largest absolute Gasteiger partial charge is 0.488 e. The van der Waals surface area contributed by atoms with Crippen molar-refractivity contribution in [3.63, 3.8) is 0 Å². The third-order valence-electron chi connectivity index (χ3n) is 3.77. The highest BCUT2D eigenvalue weighted by Crippen LogP contribution is 2.26. The van der Waals surface area contributed by atoms with Gasteiger partial charge in [0, 0.05) is 0 Å². The van der Waals surface area contributed by atoms with E-state index in [0.29, 0.717) is 5.92 Å². The van der Waals surface area contributed by atoms with E-state index in [1.165, 1.54) is 5.56 Å². The third kappa shape index (κ3) is 3.01. The van der Waals surface area contributed by atoms with E-state index < -0.39 is 0 Å². The van der Waals surface area contributed by atoms with Gasteiger partial charge in [0.1, 0.15) is 11.9 Å². The van der Waals surface area contributed by atoms with E-state index in [0.717, 1.165) is 31.4 Å². The Morgan fingerprint density at radius 1 is 1.29 bits per heavy atom. The molecule has 94 valence electrons. The van der Waals surface area contributed by atoms with Gasteiger partial charge >= 0.3 is 0 Å². The molecule has 0 saturated heterocycles. The number of ether oxygens (including phenoxy) is 1. The first kappa shape index (κ1) is 12.4. The molecule has 0 heterocycles. The number of benzene rings is 1. The second kappa shape index (κ2) is 5.54. The summed E-state index contributed by atoms with van der Waals surface area (Å²) < 4.78 is 5.81. The minimum absolute atomic E-state index is 0.00977. The summed E-state index contributed by atoms with van der Waals surface area (Å²) in [5.41, 5.74) is 1.35. The van der Waals surface area contributed by atoms with Gasteiger partial charge in [0.2, 0.25) is 0 Å². The predicted octanol–water partition coefficient (Wildman–Crippen LogP) is 3.49. The van der Waals surface area contributed by atoms with Gasteiger partial charge in [-0.2, -0.15) is 0 Å². The first-order chi connectivity index (χ1) is 8.20. The van der Waals surface area contributed by atoms with E-state index in [4.69, 9.17) is 4.74 Å². The Bertz CT molecular complexity index is 344. The van der Waals surface area contributed by atoms with E-state index in [1.807, 2.05) is 12.1 Å². The topological polar surface area (TPSA) is 29.5 Å². The zero-order valence-corrected chi connectivity index (χ0v) is 10.7. The van der Waals surface area contributed by atoms with Crippen molar-refractivity contribution in [3.05, 3.63) is 29.8 Å². The number of hydrogen-bond acceptors (Lipinski definition) is 2. The molecule has 0 aromatic heterocycles. The van der Waals surface area contributed by atoms with Crippen molar-refractivity contribution in [2.45, 2.75) is 57.7 Å². The third-order valence-corrected chi connectivity index (χ3v) is 3.77. The number of aliphatic hydroxyl groups is 1. The normalized spacial score (nSPS) is 25.8. The SMILES string of the molecule is CCC(C)c1ccc(O[C@H]2CCC[C@@H]2O)cc1. The lowest BCUT2D eigenvalue weighted by atomic mass is 9.99. The van der Waals surface area contributed by atoms with Crippen LogP contribution in [0.2, 0.25) is 0 Å². The molecule has 2 heteroatoms. The molecular formula is C15H22O2. The highest BCUT2D eigenvalue weighted by molar-refractivity contribution is 5.29. The molecule has 1 aliphatic carbocycles. The Balaban J connectivity index is 1.98. The fourth-order valence-corrected chi connectivity index (χ4v) is 2.33. The van der Waals surface area contributed by atoms with Crippen LogP contribution in [0.3, 0.4) is 0 Å². The lowest BCUT2D eigenvalue weighted by Gasteiger charge is -2.17. The van der Waals surface area contributed by atoms with Crippen LogP contribution in [0.25, 0.3) is 0 Å². The van der Waals surface area contributed by atoms with Gasteiger partial charge in [-0.15, -0.1) is 0 Å². The van der Waals surface area contributed by atoms with Crippen LogP contribution in [0.15, 0.2) is 24.3 Å². The Morgan fingerprint density at radius 3 is 2.53 bits per heavy atom. The molecular weight excluding hydrogens is 212 g/mol. The molecule has 17 heavy (non-hydrogen) atoms. The van der Waals surface area contributed by atoms with Gasteiger partial charge in [0.15, 0.2) is 0 Å². The van der Waals surface area contributed by atoms with Crippen molar-refractivity contribution in [1.29, 1.82) is 0 Å². The summed E-state index contributed by atoms with van der Waals surface area (Å²) >= 11 is 0. The summed E-state index contributed by atoms with van der Waals surface area (Å²) in [6.45, 7) is 4.43. The molecule has 0 amide bonds.